The zero-order valence-corrected chi connectivity index (χ0v) is 13.3. The standard InChI is InChI=1S/C14H12BrN3O2S/c15-9-3-1-2-8(6-9)14-17-7-11(21-14)13(20)18-10-4-5-16-12(10)19/h1-3,6-7,10H,4-5H2,(H,16,19)(H,18,20). The molecule has 3 rings (SSSR count). The van der Waals surface area contributed by atoms with Crippen molar-refractivity contribution in [1.82, 2.24) is 15.6 Å². The molecule has 2 heterocycles. The van der Waals surface area contributed by atoms with E-state index < -0.39 is 6.04 Å². The van der Waals surface area contributed by atoms with Gasteiger partial charge in [0.15, 0.2) is 0 Å². The number of halogens is 1. The molecule has 2 N–H and O–H groups in total. The van der Waals surface area contributed by atoms with Gasteiger partial charge in [-0.1, -0.05) is 28.1 Å². The first-order valence-corrected chi connectivity index (χ1v) is 8.05. The van der Waals surface area contributed by atoms with Crippen LogP contribution >= 0.6 is 27.3 Å². The van der Waals surface area contributed by atoms with Crippen LogP contribution in [-0.4, -0.2) is 29.4 Å². The smallest absolute Gasteiger partial charge is 0.263 e. The van der Waals surface area contributed by atoms with Gasteiger partial charge in [0.2, 0.25) is 5.91 Å². The van der Waals surface area contributed by atoms with Crippen molar-refractivity contribution in [3.8, 4) is 10.6 Å². The van der Waals surface area contributed by atoms with E-state index in [9.17, 15) is 9.59 Å². The summed E-state index contributed by atoms with van der Waals surface area (Å²) in [7, 11) is 0. The minimum Gasteiger partial charge on any atom is -0.354 e. The summed E-state index contributed by atoms with van der Waals surface area (Å²) in [6.45, 7) is 0.607. The maximum absolute atomic E-state index is 12.1. The molecule has 1 unspecified atom stereocenters. The van der Waals surface area contributed by atoms with E-state index in [0.717, 1.165) is 15.0 Å². The van der Waals surface area contributed by atoms with Crippen LogP contribution in [0.2, 0.25) is 0 Å². The summed E-state index contributed by atoms with van der Waals surface area (Å²) in [4.78, 5) is 28.4. The van der Waals surface area contributed by atoms with Crippen LogP contribution < -0.4 is 10.6 Å². The molecule has 1 saturated heterocycles. The topological polar surface area (TPSA) is 71.1 Å². The number of rotatable bonds is 3. The average molecular weight is 366 g/mol. The van der Waals surface area contributed by atoms with Gasteiger partial charge in [-0.3, -0.25) is 9.59 Å². The highest BCUT2D eigenvalue weighted by Gasteiger charge is 2.26. The number of amides is 2. The molecule has 1 aromatic heterocycles. The molecule has 0 spiro atoms. The summed E-state index contributed by atoms with van der Waals surface area (Å²) in [5.41, 5.74) is 0.951. The first kappa shape index (κ1) is 14.2. The van der Waals surface area contributed by atoms with E-state index >= 15 is 0 Å². The second-order valence-electron chi connectivity index (χ2n) is 4.65. The Bertz CT molecular complexity index is 701. The van der Waals surface area contributed by atoms with E-state index in [1.165, 1.54) is 11.3 Å². The van der Waals surface area contributed by atoms with Crippen LogP contribution in [0.15, 0.2) is 34.9 Å². The molecule has 0 radical (unpaired) electrons. The highest BCUT2D eigenvalue weighted by molar-refractivity contribution is 9.10. The van der Waals surface area contributed by atoms with Gasteiger partial charge in [-0.15, -0.1) is 11.3 Å². The summed E-state index contributed by atoms with van der Waals surface area (Å²) in [6, 6.07) is 7.31. The Hall–Kier alpha value is -1.73. The molecule has 5 nitrogen and oxygen atoms in total. The lowest BCUT2D eigenvalue weighted by atomic mass is 10.2. The predicted octanol–water partition coefficient (Wildman–Crippen LogP) is 2.19. The third-order valence-electron chi connectivity index (χ3n) is 3.16. The Labute approximate surface area is 133 Å². The van der Waals surface area contributed by atoms with Crippen LogP contribution in [0.5, 0.6) is 0 Å². The van der Waals surface area contributed by atoms with Crippen molar-refractivity contribution in [3.63, 3.8) is 0 Å². The number of aromatic nitrogens is 1. The summed E-state index contributed by atoms with van der Waals surface area (Å²) >= 11 is 4.72. The quantitative estimate of drug-likeness (QED) is 0.875. The molecule has 21 heavy (non-hydrogen) atoms. The van der Waals surface area contributed by atoms with Crippen molar-refractivity contribution in [3.05, 3.63) is 39.8 Å². The van der Waals surface area contributed by atoms with Crippen LogP contribution in [-0.2, 0) is 4.79 Å². The Morgan fingerprint density at radius 3 is 3.05 bits per heavy atom. The molecule has 1 aliphatic rings. The van der Waals surface area contributed by atoms with Gasteiger partial charge < -0.3 is 10.6 Å². The van der Waals surface area contributed by atoms with E-state index in [2.05, 4.69) is 31.5 Å². The fourth-order valence-electron chi connectivity index (χ4n) is 2.10. The van der Waals surface area contributed by atoms with Gasteiger partial charge in [-0.2, -0.15) is 0 Å². The lowest BCUT2D eigenvalue weighted by molar-refractivity contribution is -0.120. The normalized spacial score (nSPS) is 17.6. The van der Waals surface area contributed by atoms with Crippen molar-refractivity contribution in [2.75, 3.05) is 6.54 Å². The second-order valence-corrected chi connectivity index (χ2v) is 6.59. The van der Waals surface area contributed by atoms with Crippen LogP contribution in [0.3, 0.4) is 0 Å². The van der Waals surface area contributed by atoms with E-state index in [0.29, 0.717) is 17.8 Å². The highest BCUT2D eigenvalue weighted by Crippen LogP contribution is 2.27. The molecule has 0 aliphatic carbocycles. The molecule has 1 aromatic carbocycles. The SMILES string of the molecule is O=C(NC1CCNC1=O)c1cnc(-c2cccc(Br)c2)s1. The first-order valence-electron chi connectivity index (χ1n) is 6.44. The van der Waals surface area contributed by atoms with Gasteiger partial charge in [-0.05, 0) is 18.6 Å². The van der Waals surface area contributed by atoms with E-state index in [-0.39, 0.29) is 11.8 Å². The van der Waals surface area contributed by atoms with Crippen LogP contribution in [0, 0.1) is 0 Å². The number of benzene rings is 1. The van der Waals surface area contributed by atoms with Gasteiger partial charge in [0.1, 0.15) is 15.9 Å². The number of hydrogen-bond acceptors (Lipinski definition) is 4. The predicted molar refractivity (Wildman–Crippen MR) is 84.1 cm³/mol. The maximum atomic E-state index is 12.1. The van der Waals surface area contributed by atoms with Gasteiger partial charge >= 0.3 is 0 Å². The lowest BCUT2D eigenvalue weighted by Gasteiger charge is -2.07. The fraction of sp³-hybridized carbons (Fsp3) is 0.214. The molecule has 1 fully saturated rings. The zero-order chi connectivity index (χ0) is 14.8. The van der Waals surface area contributed by atoms with Gasteiger partial charge in [0, 0.05) is 16.6 Å². The maximum Gasteiger partial charge on any atom is 0.263 e. The molecule has 108 valence electrons. The van der Waals surface area contributed by atoms with E-state index in [4.69, 9.17) is 0 Å². The monoisotopic (exact) mass is 365 g/mol. The third kappa shape index (κ3) is 3.14. The molecule has 0 saturated carbocycles. The molecular weight excluding hydrogens is 354 g/mol. The van der Waals surface area contributed by atoms with Crippen molar-refractivity contribution in [2.24, 2.45) is 0 Å². The minimum atomic E-state index is -0.436. The fourth-order valence-corrected chi connectivity index (χ4v) is 3.31. The molecule has 1 atom stereocenters. The number of carbonyl (C=O) groups excluding carboxylic acids is 2. The van der Waals surface area contributed by atoms with Gasteiger partial charge in [0.25, 0.3) is 5.91 Å². The largest absolute Gasteiger partial charge is 0.354 e. The average Bonchev–Trinajstić information content (AvgIpc) is 3.09. The number of carbonyl (C=O) groups is 2. The summed E-state index contributed by atoms with van der Waals surface area (Å²) < 4.78 is 0.962. The Morgan fingerprint density at radius 1 is 1.48 bits per heavy atom. The van der Waals surface area contributed by atoms with Crippen molar-refractivity contribution >= 4 is 39.1 Å². The Balaban J connectivity index is 1.75. The highest BCUT2D eigenvalue weighted by atomic mass is 79.9. The number of hydrogen-bond donors (Lipinski definition) is 2. The molecule has 2 amide bonds. The molecule has 1 aliphatic heterocycles. The summed E-state index contributed by atoms with van der Waals surface area (Å²) in [5.74, 6) is -0.379. The second kappa shape index (κ2) is 5.95. The number of thiazole rings is 1. The minimum absolute atomic E-state index is 0.125. The zero-order valence-electron chi connectivity index (χ0n) is 10.9. The van der Waals surface area contributed by atoms with Crippen LogP contribution in [0.4, 0.5) is 0 Å². The lowest BCUT2D eigenvalue weighted by Crippen LogP contribution is -2.39. The Morgan fingerprint density at radius 2 is 2.33 bits per heavy atom. The van der Waals surface area contributed by atoms with Crippen molar-refractivity contribution < 1.29 is 9.59 Å². The number of nitrogens with zero attached hydrogens (tertiary/aromatic N) is 1. The van der Waals surface area contributed by atoms with Crippen LogP contribution in [0.1, 0.15) is 16.1 Å². The molecule has 7 heteroatoms. The number of nitrogens with one attached hydrogen (secondary N) is 2. The molecule has 2 aromatic rings. The van der Waals surface area contributed by atoms with E-state index in [1.807, 2.05) is 24.3 Å². The Kier molecular flexibility index (Phi) is 4.03. The van der Waals surface area contributed by atoms with Gasteiger partial charge in [0.05, 0.1) is 6.20 Å². The van der Waals surface area contributed by atoms with Crippen LogP contribution in [0.25, 0.3) is 10.6 Å². The summed E-state index contributed by atoms with van der Waals surface area (Å²) in [6.07, 6.45) is 2.17. The molecular formula is C14H12BrN3O2S. The summed E-state index contributed by atoms with van der Waals surface area (Å²) in [5, 5.41) is 6.20. The van der Waals surface area contributed by atoms with Gasteiger partial charge in [-0.25, -0.2) is 4.98 Å². The first-order chi connectivity index (χ1) is 10.1. The van der Waals surface area contributed by atoms with Crippen molar-refractivity contribution in [2.45, 2.75) is 12.5 Å². The van der Waals surface area contributed by atoms with E-state index in [1.54, 1.807) is 6.20 Å². The third-order valence-corrected chi connectivity index (χ3v) is 4.69. The van der Waals surface area contributed by atoms with Crippen molar-refractivity contribution in [1.29, 1.82) is 0 Å². The molecule has 0 bridgehead atoms.